The maximum absolute atomic E-state index is 9.35. The van der Waals surface area contributed by atoms with Gasteiger partial charge in [0.05, 0.1) is 20.6 Å². The van der Waals surface area contributed by atoms with Crippen LogP contribution in [0.25, 0.3) is 0 Å². The number of nitrogens with zero attached hydrogens (tertiary/aromatic N) is 2. The topological polar surface area (TPSA) is 43.2 Å². The third-order valence-corrected chi connectivity index (χ3v) is 4.31. The molecule has 1 aliphatic heterocycles. The second-order valence-corrected chi connectivity index (χ2v) is 6.42. The van der Waals surface area contributed by atoms with Crippen LogP contribution in [0.3, 0.4) is 0 Å². The number of rotatable bonds is 5. The van der Waals surface area contributed by atoms with Crippen LogP contribution in [0.5, 0.6) is 5.75 Å². The monoisotopic (exact) mass is 323 g/mol. The smallest absolute Gasteiger partial charge is 0.169 e. The van der Waals surface area contributed by atoms with E-state index in [1.807, 2.05) is 12.1 Å². The number of nitrogens with one attached hydrogen (secondary N) is 2. The van der Waals surface area contributed by atoms with Crippen LogP contribution in [0.15, 0.2) is 24.3 Å². The fraction of sp³-hybridized carbons (Fsp3) is 0.562. The van der Waals surface area contributed by atoms with Crippen LogP contribution in [-0.2, 0) is 0 Å². The molecule has 0 atom stereocenters. The van der Waals surface area contributed by atoms with Crippen molar-refractivity contribution < 1.29 is 10.0 Å². The average Bonchev–Trinajstić information content (AvgIpc) is 2.52. The zero-order chi connectivity index (χ0) is 15.9. The Balaban J connectivity index is 1.72. The third-order valence-electron chi connectivity index (χ3n) is 3.91. The van der Waals surface area contributed by atoms with Crippen LogP contribution in [0.2, 0.25) is 0 Å². The Morgan fingerprint density at radius 3 is 2.41 bits per heavy atom. The number of piperazine rings is 1. The van der Waals surface area contributed by atoms with Crippen molar-refractivity contribution in [3.63, 3.8) is 0 Å². The molecule has 0 aromatic heterocycles. The SMILES string of the molecule is C[NH+](C)CCCNC(=S)N1CCN(c2ccc(O)cc2)CC1. The maximum Gasteiger partial charge on any atom is 0.169 e. The van der Waals surface area contributed by atoms with Crippen LogP contribution in [-0.4, -0.2) is 68.5 Å². The van der Waals surface area contributed by atoms with E-state index in [2.05, 4.69) is 29.2 Å². The van der Waals surface area contributed by atoms with E-state index in [1.165, 1.54) is 4.90 Å². The molecule has 0 radical (unpaired) electrons. The summed E-state index contributed by atoms with van der Waals surface area (Å²) in [6, 6.07) is 7.40. The van der Waals surface area contributed by atoms with Crippen molar-refractivity contribution in [2.45, 2.75) is 6.42 Å². The molecule has 0 saturated carbocycles. The first kappa shape index (κ1) is 16.8. The predicted octanol–water partition coefficient (Wildman–Crippen LogP) is -0.0767. The molecule has 0 spiro atoms. The maximum atomic E-state index is 9.35. The van der Waals surface area contributed by atoms with E-state index in [9.17, 15) is 5.11 Å². The summed E-state index contributed by atoms with van der Waals surface area (Å²) in [7, 11) is 4.34. The Morgan fingerprint density at radius 1 is 1.18 bits per heavy atom. The molecule has 0 bridgehead atoms. The molecule has 1 aromatic carbocycles. The highest BCUT2D eigenvalue weighted by Gasteiger charge is 2.18. The van der Waals surface area contributed by atoms with Gasteiger partial charge in [-0.25, -0.2) is 0 Å². The van der Waals surface area contributed by atoms with Gasteiger partial charge >= 0.3 is 0 Å². The number of phenolic OH excluding ortho intramolecular Hbond substituents is 1. The first-order chi connectivity index (χ1) is 10.6. The van der Waals surface area contributed by atoms with E-state index in [0.29, 0.717) is 5.75 Å². The van der Waals surface area contributed by atoms with Gasteiger partial charge in [0, 0.05) is 44.8 Å². The molecule has 2 rings (SSSR count). The molecule has 3 N–H and O–H groups in total. The van der Waals surface area contributed by atoms with Crippen LogP contribution in [0.1, 0.15) is 6.42 Å². The van der Waals surface area contributed by atoms with Crippen molar-refractivity contribution in [3.8, 4) is 5.75 Å². The first-order valence-corrected chi connectivity index (χ1v) is 8.33. The highest BCUT2D eigenvalue weighted by atomic mass is 32.1. The van der Waals surface area contributed by atoms with Gasteiger partial charge in [-0.15, -0.1) is 0 Å². The number of anilines is 1. The van der Waals surface area contributed by atoms with Crippen molar-refractivity contribution in [1.82, 2.24) is 10.2 Å². The number of thiocarbonyl (C=S) groups is 1. The predicted molar refractivity (Wildman–Crippen MR) is 94.8 cm³/mol. The zero-order valence-corrected chi connectivity index (χ0v) is 14.3. The third kappa shape index (κ3) is 5.03. The lowest BCUT2D eigenvalue weighted by Gasteiger charge is -2.37. The molecule has 0 amide bonds. The van der Waals surface area contributed by atoms with Crippen LogP contribution in [0.4, 0.5) is 5.69 Å². The van der Waals surface area contributed by atoms with Crippen LogP contribution in [0, 0.1) is 0 Å². The van der Waals surface area contributed by atoms with Gasteiger partial charge in [-0.3, -0.25) is 0 Å². The number of quaternary nitrogens is 1. The Kier molecular flexibility index (Phi) is 6.27. The second-order valence-electron chi connectivity index (χ2n) is 6.03. The Bertz CT molecular complexity index is 470. The van der Waals surface area contributed by atoms with Crippen molar-refractivity contribution >= 4 is 23.0 Å². The molecule has 22 heavy (non-hydrogen) atoms. The molecule has 1 fully saturated rings. The van der Waals surface area contributed by atoms with Gasteiger partial charge in [0.15, 0.2) is 5.11 Å². The molecule has 1 aromatic rings. The lowest BCUT2D eigenvalue weighted by molar-refractivity contribution is -0.858. The summed E-state index contributed by atoms with van der Waals surface area (Å²) in [5, 5.41) is 13.6. The molecule has 5 nitrogen and oxygen atoms in total. The van der Waals surface area contributed by atoms with Crippen molar-refractivity contribution in [2.24, 2.45) is 0 Å². The minimum atomic E-state index is 0.312. The summed E-state index contributed by atoms with van der Waals surface area (Å²) in [6.07, 6.45) is 1.13. The Labute approximate surface area is 138 Å². The molecular formula is C16H27N4OS+. The lowest BCUT2D eigenvalue weighted by atomic mass is 10.2. The Morgan fingerprint density at radius 2 is 1.82 bits per heavy atom. The van der Waals surface area contributed by atoms with Crippen molar-refractivity contribution in [2.75, 3.05) is 58.3 Å². The molecule has 122 valence electrons. The van der Waals surface area contributed by atoms with Gasteiger partial charge in [-0.1, -0.05) is 0 Å². The normalized spacial score (nSPS) is 15.2. The molecule has 1 saturated heterocycles. The van der Waals surface area contributed by atoms with Gasteiger partial charge in [-0.05, 0) is 36.5 Å². The van der Waals surface area contributed by atoms with Gasteiger partial charge in [-0.2, -0.15) is 0 Å². The zero-order valence-electron chi connectivity index (χ0n) is 13.5. The molecule has 1 heterocycles. The number of phenols is 1. The van der Waals surface area contributed by atoms with E-state index in [1.54, 1.807) is 12.1 Å². The van der Waals surface area contributed by atoms with Gasteiger partial charge in [0.25, 0.3) is 0 Å². The lowest BCUT2D eigenvalue weighted by Crippen LogP contribution is -3.05. The van der Waals surface area contributed by atoms with Crippen LogP contribution < -0.4 is 15.1 Å². The summed E-state index contributed by atoms with van der Waals surface area (Å²) < 4.78 is 0. The van der Waals surface area contributed by atoms with Gasteiger partial charge < -0.3 is 25.1 Å². The number of benzene rings is 1. The molecule has 1 aliphatic rings. The number of hydrogen-bond acceptors (Lipinski definition) is 3. The summed E-state index contributed by atoms with van der Waals surface area (Å²) in [4.78, 5) is 6.04. The standard InChI is InChI=1S/C16H26N4OS/c1-18(2)9-3-8-17-16(22)20-12-10-19(11-13-20)14-4-6-15(21)7-5-14/h4-7,21H,3,8-13H2,1-2H3,(H,17,22)/p+1. The number of hydrogen-bond donors (Lipinski definition) is 3. The molecular weight excluding hydrogens is 296 g/mol. The summed E-state index contributed by atoms with van der Waals surface area (Å²) in [5.41, 5.74) is 1.16. The first-order valence-electron chi connectivity index (χ1n) is 7.92. The molecule has 0 unspecified atom stereocenters. The van der Waals surface area contributed by atoms with E-state index < -0.39 is 0 Å². The Hall–Kier alpha value is -1.53. The summed E-state index contributed by atoms with van der Waals surface area (Å²) in [6.45, 7) is 5.88. The minimum absolute atomic E-state index is 0.312. The molecule has 0 aliphatic carbocycles. The number of aromatic hydroxyl groups is 1. The van der Waals surface area contributed by atoms with E-state index in [-0.39, 0.29) is 0 Å². The fourth-order valence-electron chi connectivity index (χ4n) is 2.58. The van der Waals surface area contributed by atoms with Crippen LogP contribution >= 0.6 is 12.2 Å². The van der Waals surface area contributed by atoms with Crippen molar-refractivity contribution in [1.29, 1.82) is 0 Å². The average molecular weight is 323 g/mol. The highest BCUT2D eigenvalue weighted by Crippen LogP contribution is 2.19. The van der Waals surface area contributed by atoms with E-state index in [4.69, 9.17) is 12.2 Å². The largest absolute Gasteiger partial charge is 0.508 e. The van der Waals surface area contributed by atoms with Crippen molar-refractivity contribution in [3.05, 3.63) is 24.3 Å². The summed E-state index contributed by atoms with van der Waals surface area (Å²) in [5.74, 6) is 0.312. The highest BCUT2D eigenvalue weighted by molar-refractivity contribution is 7.80. The van der Waals surface area contributed by atoms with Gasteiger partial charge in [0.1, 0.15) is 5.75 Å². The van der Waals surface area contributed by atoms with Gasteiger partial charge in [0.2, 0.25) is 0 Å². The minimum Gasteiger partial charge on any atom is -0.508 e. The summed E-state index contributed by atoms with van der Waals surface area (Å²) >= 11 is 5.48. The quantitative estimate of drug-likeness (QED) is 0.523. The fourth-order valence-corrected chi connectivity index (χ4v) is 2.86. The van der Waals surface area contributed by atoms with E-state index in [0.717, 1.165) is 56.5 Å². The van der Waals surface area contributed by atoms with E-state index >= 15 is 0 Å². The molecule has 6 heteroatoms. The second kappa shape index (κ2) is 8.19.